The van der Waals surface area contributed by atoms with Crippen LogP contribution in [0.1, 0.15) is 6.92 Å². The van der Waals surface area contributed by atoms with Crippen molar-refractivity contribution >= 4 is 10.9 Å². The van der Waals surface area contributed by atoms with E-state index in [4.69, 9.17) is 0 Å². The van der Waals surface area contributed by atoms with Crippen LogP contribution in [-0.2, 0) is 6.54 Å². The Balaban J connectivity index is 3.05. The molecule has 15 heavy (non-hydrogen) atoms. The van der Waals surface area contributed by atoms with Gasteiger partial charge in [-0.25, -0.2) is 0 Å². The average Bonchev–Trinajstić information content (AvgIpc) is 2.27. The molecule has 0 saturated heterocycles. The molecule has 0 bridgehead atoms. The molecule has 0 aliphatic carbocycles. The molecule has 0 amide bonds. The fourth-order valence-corrected chi connectivity index (χ4v) is 1.69. The molecular weight excluding hydrogens is 194 g/mol. The van der Waals surface area contributed by atoms with Crippen molar-refractivity contribution in [1.82, 2.24) is 4.57 Å². The van der Waals surface area contributed by atoms with Crippen molar-refractivity contribution in [1.29, 1.82) is 0 Å². The Labute approximate surface area is 86.0 Å². The van der Waals surface area contributed by atoms with E-state index in [0.29, 0.717) is 17.4 Å². The van der Waals surface area contributed by atoms with Crippen LogP contribution >= 0.6 is 0 Å². The maximum Gasteiger partial charge on any atom is 0.297 e. The van der Waals surface area contributed by atoms with Gasteiger partial charge in [-0.1, -0.05) is 12.1 Å². The SMILES string of the molecule is CCn1c(=O)c(O)c(O)c2ccccc21. The van der Waals surface area contributed by atoms with Gasteiger partial charge in [0.05, 0.1) is 5.52 Å². The van der Waals surface area contributed by atoms with Crippen molar-refractivity contribution in [3.63, 3.8) is 0 Å². The van der Waals surface area contributed by atoms with E-state index in [1.54, 1.807) is 24.3 Å². The van der Waals surface area contributed by atoms with Crippen LogP contribution in [0.4, 0.5) is 0 Å². The lowest BCUT2D eigenvalue weighted by Gasteiger charge is -2.09. The van der Waals surface area contributed by atoms with Gasteiger partial charge in [-0.15, -0.1) is 0 Å². The van der Waals surface area contributed by atoms with Crippen molar-refractivity contribution in [3.8, 4) is 11.5 Å². The smallest absolute Gasteiger partial charge is 0.297 e. The van der Waals surface area contributed by atoms with E-state index < -0.39 is 11.3 Å². The first kappa shape index (κ1) is 9.58. The van der Waals surface area contributed by atoms with Crippen LogP contribution < -0.4 is 5.56 Å². The Bertz CT molecular complexity index is 572. The third kappa shape index (κ3) is 1.26. The normalized spacial score (nSPS) is 10.7. The van der Waals surface area contributed by atoms with Crippen LogP contribution in [0.25, 0.3) is 10.9 Å². The maximum atomic E-state index is 11.6. The highest BCUT2D eigenvalue weighted by atomic mass is 16.3. The summed E-state index contributed by atoms with van der Waals surface area (Å²) in [6.45, 7) is 2.26. The second-order valence-electron chi connectivity index (χ2n) is 3.26. The molecular formula is C11H11NO3. The number of pyridine rings is 1. The number of aromatic nitrogens is 1. The zero-order valence-corrected chi connectivity index (χ0v) is 8.27. The first-order valence-corrected chi connectivity index (χ1v) is 4.70. The van der Waals surface area contributed by atoms with Gasteiger partial charge in [0.25, 0.3) is 5.56 Å². The Kier molecular flexibility index (Phi) is 2.11. The van der Waals surface area contributed by atoms with E-state index in [2.05, 4.69) is 0 Å². The summed E-state index contributed by atoms with van der Waals surface area (Å²) in [4.78, 5) is 11.6. The lowest BCUT2D eigenvalue weighted by molar-refractivity contribution is 0.398. The number of fused-ring (bicyclic) bond motifs is 1. The topological polar surface area (TPSA) is 62.5 Å². The minimum atomic E-state index is -0.587. The minimum absolute atomic E-state index is 0.347. The molecule has 2 N–H and O–H groups in total. The van der Waals surface area contributed by atoms with Gasteiger partial charge in [0.1, 0.15) is 0 Å². The molecule has 1 heterocycles. The molecule has 0 saturated carbocycles. The summed E-state index contributed by atoms with van der Waals surface area (Å²) in [6, 6.07) is 6.92. The number of hydrogen-bond donors (Lipinski definition) is 2. The molecule has 0 aliphatic heterocycles. The van der Waals surface area contributed by atoms with Gasteiger partial charge in [0.2, 0.25) is 5.75 Å². The standard InChI is InChI=1S/C11H11NO3/c1-2-12-8-6-4-3-5-7(8)9(13)10(14)11(12)15/h3-6,13-14H,2H2,1H3. The molecule has 0 atom stereocenters. The summed E-state index contributed by atoms with van der Waals surface area (Å²) in [5.41, 5.74) is 0.0639. The van der Waals surface area contributed by atoms with Crippen molar-refractivity contribution in [2.45, 2.75) is 13.5 Å². The zero-order valence-electron chi connectivity index (χ0n) is 8.27. The van der Waals surface area contributed by atoms with Crippen LogP contribution in [0, 0.1) is 0 Å². The highest BCUT2D eigenvalue weighted by Crippen LogP contribution is 2.29. The average molecular weight is 205 g/mol. The van der Waals surface area contributed by atoms with Gasteiger partial charge < -0.3 is 14.8 Å². The number of rotatable bonds is 1. The second kappa shape index (κ2) is 3.31. The first-order chi connectivity index (χ1) is 7.16. The number of benzene rings is 1. The molecule has 0 fully saturated rings. The highest BCUT2D eigenvalue weighted by molar-refractivity contribution is 5.87. The van der Waals surface area contributed by atoms with Crippen LogP contribution in [-0.4, -0.2) is 14.8 Å². The monoisotopic (exact) mass is 205 g/mol. The van der Waals surface area contributed by atoms with Crippen LogP contribution in [0.2, 0.25) is 0 Å². The molecule has 0 spiro atoms. The van der Waals surface area contributed by atoms with Gasteiger partial charge in [0.15, 0.2) is 5.75 Å². The van der Waals surface area contributed by atoms with Crippen LogP contribution in [0.15, 0.2) is 29.1 Å². The molecule has 0 unspecified atom stereocenters. The molecule has 4 heteroatoms. The van der Waals surface area contributed by atoms with Crippen molar-refractivity contribution in [3.05, 3.63) is 34.6 Å². The molecule has 4 nitrogen and oxygen atoms in total. The van der Waals surface area contributed by atoms with Crippen molar-refractivity contribution in [2.24, 2.45) is 0 Å². The fourth-order valence-electron chi connectivity index (χ4n) is 1.69. The molecule has 2 aromatic rings. The molecule has 0 radical (unpaired) electrons. The summed E-state index contributed by atoms with van der Waals surface area (Å²) in [5, 5.41) is 19.5. The zero-order chi connectivity index (χ0) is 11.0. The third-order valence-electron chi connectivity index (χ3n) is 2.44. The summed E-state index contributed by atoms with van der Waals surface area (Å²) < 4.78 is 1.42. The number of nitrogens with zero attached hydrogens (tertiary/aromatic N) is 1. The molecule has 0 aliphatic rings. The van der Waals surface area contributed by atoms with Crippen LogP contribution in [0.5, 0.6) is 11.5 Å². The Morgan fingerprint density at radius 2 is 1.87 bits per heavy atom. The van der Waals surface area contributed by atoms with Crippen molar-refractivity contribution in [2.75, 3.05) is 0 Å². The third-order valence-corrected chi connectivity index (χ3v) is 2.44. The summed E-state index contributed by atoms with van der Waals surface area (Å²) >= 11 is 0. The van der Waals surface area contributed by atoms with Crippen LogP contribution in [0.3, 0.4) is 0 Å². The number of para-hydroxylation sites is 1. The number of aryl methyl sites for hydroxylation is 1. The first-order valence-electron chi connectivity index (χ1n) is 4.70. The van der Waals surface area contributed by atoms with E-state index >= 15 is 0 Å². The van der Waals surface area contributed by atoms with Crippen molar-refractivity contribution < 1.29 is 10.2 Å². The van der Waals surface area contributed by atoms with E-state index in [9.17, 15) is 15.0 Å². The van der Waals surface area contributed by atoms with Gasteiger partial charge in [0, 0.05) is 11.9 Å². The quantitative estimate of drug-likeness (QED) is 0.740. The summed E-state index contributed by atoms with van der Waals surface area (Å²) in [6.07, 6.45) is 0. The Hall–Kier alpha value is -1.97. The Morgan fingerprint density at radius 1 is 1.20 bits per heavy atom. The molecule has 1 aromatic carbocycles. The summed E-state index contributed by atoms with van der Waals surface area (Å²) in [5.74, 6) is -0.934. The van der Waals surface area contributed by atoms with Gasteiger partial charge in [-0.05, 0) is 19.1 Å². The summed E-state index contributed by atoms with van der Waals surface area (Å²) in [7, 11) is 0. The van der Waals surface area contributed by atoms with E-state index in [0.717, 1.165) is 0 Å². The Morgan fingerprint density at radius 3 is 2.53 bits per heavy atom. The minimum Gasteiger partial charge on any atom is -0.504 e. The fraction of sp³-hybridized carbons (Fsp3) is 0.182. The van der Waals surface area contributed by atoms with E-state index in [1.807, 2.05) is 6.92 Å². The predicted molar refractivity (Wildman–Crippen MR) is 57.2 cm³/mol. The number of aromatic hydroxyl groups is 2. The van der Waals surface area contributed by atoms with Gasteiger partial charge >= 0.3 is 0 Å². The number of hydrogen-bond acceptors (Lipinski definition) is 3. The largest absolute Gasteiger partial charge is 0.504 e. The molecule has 2 rings (SSSR count). The van der Waals surface area contributed by atoms with E-state index in [-0.39, 0.29) is 5.75 Å². The maximum absolute atomic E-state index is 11.6. The molecule has 78 valence electrons. The highest BCUT2D eigenvalue weighted by Gasteiger charge is 2.13. The predicted octanol–water partition coefficient (Wildman–Crippen LogP) is 1.43. The lowest BCUT2D eigenvalue weighted by Crippen LogP contribution is -2.19. The van der Waals surface area contributed by atoms with Gasteiger partial charge in [-0.3, -0.25) is 4.79 Å². The lowest BCUT2D eigenvalue weighted by atomic mass is 10.2. The van der Waals surface area contributed by atoms with E-state index in [1.165, 1.54) is 4.57 Å². The second-order valence-corrected chi connectivity index (χ2v) is 3.26. The molecule has 1 aromatic heterocycles. The van der Waals surface area contributed by atoms with Gasteiger partial charge in [-0.2, -0.15) is 0 Å².